The number of hydrogen-bond acceptors (Lipinski definition) is 5. The number of aromatic nitrogens is 3. The van der Waals surface area contributed by atoms with Crippen LogP contribution in [-0.4, -0.2) is 26.4 Å². The highest BCUT2D eigenvalue weighted by atomic mass is 35.5. The Morgan fingerprint density at radius 2 is 2.20 bits per heavy atom. The lowest BCUT2D eigenvalue weighted by Crippen LogP contribution is -2.14. The number of amides is 1. The van der Waals surface area contributed by atoms with Crippen LogP contribution in [0.4, 0.5) is 5.69 Å². The lowest BCUT2D eigenvalue weighted by molar-refractivity contribution is -0.113. The van der Waals surface area contributed by atoms with Crippen molar-refractivity contribution in [1.82, 2.24) is 14.8 Å². The van der Waals surface area contributed by atoms with Gasteiger partial charge in [-0.25, -0.2) is 0 Å². The largest absolute Gasteiger partial charge is 0.325 e. The molecule has 0 aliphatic carbocycles. The van der Waals surface area contributed by atoms with Gasteiger partial charge in [0, 0.05) is 28.6 Å². The Morgan fingerprint density at radius 3 is 2.92 bits per heavy atom. The molecule has 1 N–H and O–H groups in total. The van der Waals surface area contributed by atoms with Gasteiger partial charge < -0.3 is 9.88 Å². The Bertz CT molecular complexity index is 848. The van der Waals surface area contributed by atoms with Crippen LogP contribution in [0.2, 0.25) is 5.02 Å². The summed E-state index contributed by atoms with van der Waals surface area (Å²) >= 11 is 9.01. The molecule has 0 unspecified atom stereocenters. The standard InChI is InChI=1S/C17H17ClN4OS2/c1-2-22-15(10-14-7-4-8-24-14)20-21-17(22)25-11-16(23)19-13-6-3-5-12(18)9-13/h3-9H,2,10-11H2,1H3,(H,19,23). The molecule has 2 aromatic heterocycles. The molecule has 0 atom stereocenters. The normalized spacial score (nSPS) is 10.8. The molecular weight excluding hydrogens is 376 g/mol. The molecular formula is C17H17ClN4OS2. The maximum atomic E-state index is 12.1. The topological polar surface area (TPSA) is 59.8 Å². The van der Waals surface area contributed by atoms with Crippen molar-refractivity contribution in [1.29, 1.82) is 0 Å². The second kappa shape index (κ2) is 8.51. The average molecular weight is 393 g/mol. The first kappa shape index (κ1) is 18.0. The molecule has 0 radical (unpaired) electrons. The fourth-order valence-corrected chi connectivity index (χ4v) is 4.05. The predicted molar refractivity (Wildman–Crippen MR) is 104 cm³/mol. The lowest BCUT2D eigenvalue weighted by Gasteiger charge is -2.07. The predicted octanol–water partition coefficient (Wildman–Crippen LogP) is 4.33. The van der Waals surface area contributed by atoms with Crippen LogP contribution in [-0.2, 0) is 17.8 Å². The Balaban J connectivity index is 1.61. The van der Waals surface area contributed by atoms with Crippen LogP contribution in [0.25, 0.3) is 0 Å². The minimum atomic E-state index is -0.0993. The number of thiophene rings is 1. The number of thioether (sulfide) groups is 1. The van der Waals surface area contributed by atoms with E-state index in [0.29, 0.717) is 10.7 Å². The summed E-state index contributed by atoms with van der Waals surface area (Å²) in [5, 5.41) is 14.8. The smallest absolute Gasteiger partial charge is 0.234 e. The summed E-state index contributed by atoms with van der Waals surface area (Å²) in [4.78, 5) is 13.4. The average Bonchev–Trinajstić information content (AvgIpc) is 3.23. The molecule has 0 saturated heterocycles. The van der Waals surface area contributed by atoms with E-state index in [9.17, 15) is 4.79 Å². The summed E-state index contributed by atoms with van der Waals surface area (Å²) in [6, 6.07) is 11.2. The van der Waals surface area contributed by atoms with Crippen LogP contribution in [0.15, 0.2) is 46.9 Å². The second-order valence-electron chi connectivity index (χ2n) is 5.25. The lowest BCUT2D eigenvalue weighted by atomic mass is 10.3. The first-order valence-corrected chi connectivity index (χ1v) is 10.0. The van der Waals surface area contributed by atoms with Crippen LogP contribution in [0.1, 0.15) is 17.6 Å². The van der Waals surface area contributed by atoms with E-state index in [4.69, 9.17) is 11.6 Å². The van der Waals surface area contributed by atoms with E-state index >= 15 is 0 Å². The molecule has 0 aliphatic rings. The molecule has 2 heterocycles. The van der Waals surface area contributed by atoms with Crippen molar-refractivity contribution in [3.8, 4) is 0 Å². The van der Waals surface area contributed by atoms with Crippen LogP contribution in [0.3, 0.4) is 0 Å². The minimum absolute atomic E-state index is 0.0993. The van der Waals surface area contributed by atoms with Crippen molar-refractivity contribution < 1.29 is 4.79 Å². The van der Waals surface area contributed by atoms with Crippen LogP contribution in [0.5, 0.6) is 0 Å². The quantitative estimate of drug-likeness (QED) is 0.608. The van der Waals surface area contributed by atoms with E-state index in [-0.39, 0.29) is 11.7 Å². The molecule has 130 valence electrons. The third-order valence-electron chi connectivity index (χ3n) is 3.46. The second-order valence-corrected chi connectivity index (χ2v) is 7.66. The summed E-state index contributed by atoms with van der Waals surface area (Å²) < 4.78 is 2.05. The van der Waals surface area contributed by atoms with Crippen molar-refractivity contribution in [2.75, 3.05) is 11.1 Å². The molecule has 1 amide bonds. The van der Waals surface area contributed by atoms with Gasteiger partial charge in [0.15, 0.2) is 5.16 Å². The van der Waals surface area contributed by atoms with E-state index in [1.807, 2.05) is 12.1 Å². The number of carbonyl (C=O) groups is 1. The van der Waals surface area contributed by atoms with Gasteiger partial charge in [0.2, 0.25) is 5.91 Å². The Kier molecular flexibility index (Phi) is 6.12. The molecule has 3 aromatic rings. The van der Waals surface area contributed by atoms with E-state index < -0.39 is 0 Å². The van der Waals surface area contributed by atoms with Gasteiger partial charge in [-0.3, -0.25) is 4.79 Å². The van der Waals surface area contributed by atoms with Gasteiger partial charge in [-0.2, -0.15) is 0 Å². The maximum Gasteiger partial charge on any atom is 0.234 e. The highest BCUT2D eigenvalue weighted by Gasteiger charge is 2.14. The van der Waals surface area contributed by atoms with Gasteiger partial charge >= 0.3 is 0 Å². The number of anilines is 1. The minimum Gasteiger partial charge on any atom is -0.325 e. The van der Waals surface area contributed by atoms with Gasteiger partial charge in [-0.05, 0) is 36.6 Å². The zero-order valence-corrected chi connectivity index (χ0v) is 16.0. The number of halogens is 1. The molecule has 5 nitrogen and oxygen atoms in total. The monoisotopic (exact) mass is 392 g/mol. The molecule has 8 heteroatoms. The number of carbonyl (C=O) groups excluding carboxylic acids is 1. The van der Waals surface area contributed by atoms with Gasteiger partial charge in [-0.15, -0.1) is 21.5 Å². The van der Waals surface area contributed by atoms with Crippen molar-refractivity contribution in [2.24, 2.45) is 0 Å². The number of nitrogens with one attached hydrogen (secondary N) is 1. The Hall–Kier alpha value is -1.83. The molecule has 0 bridgehead atoms. The number of hydrogen-bond donors (Lipinski definition) is 1. The van der Waals surface area contributed by atoms with Crippen LogP contribution >= 0.6 is 34.7 Å². The third kappa shape index (κ3) is 4.84. The highest BCUT2D eigenvalue weighted by Crippen LogP contribution is 2.21. The number of benzene rings is 1. The van der Waals surface area contributed by atoms with E-state index in [1.54, 1.807) is 29.5 Å². The summed E-state index contributed by atoms with van der Waals surface area (Å²) in [6.45, 7) is 2.82. The van der Waals surface area contributed by atoms with E-state index in [0.717, 1.165) is 23.9 Å². The zero-order valence-electron chi connectivity index (χ0n) is 13.6. The molecule has 25 heavy (non-hydrogen) atoms. The number of nitrogens with zero attached hydrogens (tertiary/aromatic N) is 3. The first-order chi connectivity index (χ1) is 12.2. The molecule has 1 aromatic carbocycles. The zero-order chi connectivity index (χ0) is 17.6. The first-order valence-electron chi connectivity index (χ1n) is 7.78. The van der Waals surface area contributed by atoms with Crippen molar-refractivity contribution in [3.05, 3.63) is 57.5 Å². The fourth-order valence-electron chi connectivity index (χ4n) is 2.34. The molecule has 0 aliphatic heterocycles. The van der Waals surface area contributed by atoms with Crippen LogP contribution in [0, 0.1) is 0 Å². The van der Waals surface area contributed by atoms with Gasteiger partial charge in [0.25, 0.3) is 0 Å². The summed E-state index contributed by atoms with van der Waals surface area (Å²) in [5.41, 5.74) is 0.688. The van der Waals surface area contributed by atoms with Crippen molar-refractivity contribution >= 4 is 46.3 Å². The van der Waals surface area contributed by atoms with Crippen molar-refractivity contribution in [2.45, 2.75) is 25.0 Å². The Labute approximate surface area is 159 Å². The van der Waals surface area contributed by atoms with Gasteiger partial charge in [-0.1, -0.05) is 35.5 Å². The summed E-state index contributed by atoms with van der Waals surface area (Å²) in [7, 11) is 0. The van der Waals surface area contributed by atoms with Crippen molar-refractivity contribution in [3.63, 3.8) is 0 Å². The molecule has 3 rings (SSSR count). The molecule has 0 spiro atoms. The summed E-state index contributed by atoms with van der Waals surface area (Å²) in [6.07, 6.45) is 0.758. The van der Waals surface area contributed by atoms with Gasteiger partial charge in [0.1, 0.15) is 5.82 Å². The molecule has 0 saturated carbocycles. The SMILES string of the molecule is CCn1c(Cc2cccs2)nnc1SCC(=O)Nc1cccc(Cl)c1. The van der Waals surface area contributed by atoms with Crippen LogP contribution < -0.4 is 5.32 Å². The summed E-state index contributed by atoms with van der Waals surface area (Å²) in [5.74, 6) is 1.09. The molecule has 0 fully saturated rings. The van der Waals surface area contributed by atoms with E-state index in [2.05, 4.69) is 38.5 Å². The van der Waals surface area contributed by atoms with E-state index in [1.165, 1.54) is 16.6 Å². The maximum absolute atomic E-state index is 12.1. The number of rotatable bonds is 7. The fraction of sp³-hybridized carbons (Fsp3) is 0.235. The third-order valence-corrected chi connectivity index (χ3v) is 5.54. The van der Waals surface area contributed by atoms with Gasteiger partial charge in [0.05, 0.1) is 5.75 Å². The Morgan fingerprint density at radius 1 is 1.32 bits per heavy atom. The highest BCUT2D eigenvalue weighted by molar-refractivity contribution is 7.99.